The van der Waals surface area contributed by atoms with Gasteiger partial charge in [-0.3, -0.25) is 4.79 Å². The third kappa shape index (κ3) is 3.43. The van der Waals surface area contributed by atoms with Crippen molar-refractivity contribution in [2.45, 2.75) is 19.5 Å². The summed E-state index contributed by atoms with van der Waals surface area (Å²) in [6.07, 6.45) is 1.36. The van der Waals surface area contributed by atoms with Gasteiger partial charge >= 0.3 is 5.69 Å². The molecule has 1 amide bonds. The van der Waals surface area contributed by atoms with Crippen LogP contribution in [0.25, 0.3) is 5.65 Å². The van der Waals surface area contributed by atoms with Crippen molar-refractivity contribution in [1.82, 2.24) is 19.5 Å². The number of nitrogens with one attached hydrogen (secondary N) is 1. The van der Waals surface area contributed by atoms with Gasteiger partial charge in [-0.2, -0.15) is 5.26 Å². The number of nitrogens with zero attached hydrogens (tertiary/aromatic N) is 4. The lowest BCUT2D eigenvalue weighted by Gasteiger charge is -2.14. The first kappa shape index (κ1) is 17.6. The summed E-state index contributed by atoms with van der Waals surface area (Å²) in [5, 5.41) is 15.6. The van der Waals surface area contributed by atoms with Crippen LogP contribution in [-0.4, -0.2) is 20.1 Å². The van der Waals surface area contributed by atoms with Crippen molar-refractivity contribution < 1.29 is 9.18 Å². The van der Waals surface area contributed by atoms with E-state index >= 15 is 0 Å². The lowest BCUT2D eigenvalue weighted by Crippen LogP contribution is -2.34. The van der Waals surface area contributed by atoms with Gasteiger partial charge in [0.15, 0.2) is 5.65 Å². The lowest BCUT2D eigenvalue weighted by molar-refractivity contribution is -0.122. The minimum absolute atomic E-state index is 0.000248. The van der Waals surface area contributed by atoms with Gasteiger partial charge in [-0.1, -0.05) is 17.7 Å². The molecule has 1 N–H and O–H groups in total. The smallest absolute Gasteiger partial charge is 0.348 e. The molecule has 7 nitrogen and oxygen atoms in total. The van der Waals surface area contributed by atoms with Crippen LogP contribution in [0, 0.1) is 17.1 Å². The highest BCUT2D eigenvalue weighted by atomic mass is 35.5. The van der Waals surface area contributed by atoms with E-state index in [1.54, 1.807) is 13.0 Å². The number of benzene rings is 1. The highest BCUT2D eigenvalue weighted by Gasteiger charge is 2.15. The van der Waals surface area contributed by atoms with E-state index in [-0.39, 0.29) is 11.6 Å². The van der Waals surface area contributed by atoms with Crippen LogP contribution in [-0.2, 0) is 11.3 Å². The molecule has 0 aliphatic rings. The molecule has 0 unspecified atom stereocenters. The van der Waals surface area contributed by atoms with E-state index in [0.717, 1.165) is 4.68 Å². The number of nitriles is 1. The number of carbonyl (C=O) groups is 1. The van der Waals surface area contributed by atoms with Gasteiger partial charge in [0, 0.05) is 6.20 Å². The zero-order chi connectivity index (χ0) is 18.8. The fourth-order valence-electron chi connectivity index (χ4n) is 2.48. The average Bonchev–Trinajstić information content (AvgIpc) is 2.92. The molecule has 2 heterocycles. The molecule has 0 saturated carbocycles. The van der Waals surface area contributed by atoms with Crippen molar-refractivity contribution >= 4 is 23.2 Å². The maximum atomic E-state index is 13.5. The molecule has 0 bridgehead atoms. The Morgan fingerprint density at radius 1 is 1.42 bits per heavy atom. The van der Waals surface area contributed by atoms with Gasteiger partial charge in [-0.15, -0.1) is 5.10 Å². The van der Waals surface area contributed by atoms with Crippen LogP contribution in [0.4, 0.5) is 4.39 Å². The van der Waals surface area contributed by atoms with Crippen molar-refractivity contribution in [2.75, 3.05) is 0 Å². The van der Waals surface area contributed by atoms with Crippen molar-refractivity contribution in [3.63, 3.8) is 0 Å². The number of hydrogen-bond acceptors (Lipinski definition) is 4. The van der Waals surface area contributed by atoms with Crippen LogP contribution in [0.2, 0.25) is 5.02 Å². The summed E-state index contributed by atoms with van der Waals surface area (Å²) >= 11 is 5.64. The second-order valence-electron chi connectivity index (χ2n) is 5.66. The molecule has 0 aliphatic heterocycles. The summed E-state index contributed by atoms with van der Waals surface area (Å²) in [7, 11) is 0. The van der Waals surface area contributed by atoms with Gasteiger partial charge in [0.25, 0.3) is 0 Å². The average molecular weight is 374 g/mol. The van der Waals surface area contributed by atoms with Crippen LogP contribution in [0.1, 0.15) is 24.1 Å². The number of carbonyl (C=O) groups excluding carboxylic acids is 1. The number of pyridine rings is 1. The van der Waals surface area contributed by atoms with Crippen LogP contribution in [0.15, 0.2) is 41.3 Å². The van der Waals surface area contributed by atoms with E-state index in [2.05, 4.69) is 10.4 Å². The Labute approximate surface area is 152 Å². The summed E-state index contributed by atoms with van der Waals surface area (Å²) in [6, 6.07) is 8.77. The number of aromatic nitrogens is 3. The fraction of sp³-hybridized carbons (Fsp3) is 0.176. The number of fused-ring (bicyclic) bond motifs is 1. The molecule has 1 atom stereocenters. The molecule has 0 saturated heterocycles. The molecule has 3 rings (SSSR count). The Morgan fingerprint density at radius 3 is 2.88 bits per heavy atom. The van der Waals surface area contributed by atoms with Crippen molar-refractivity contribution in [2.24, 2.45) is 0 Å². The molecule has 3 aromatic rings. The summed E-state index contributed by atoms with van der Waals surface area (Å²) < 4.78 is 15.7. The van der Waals surface area contributed by atoms with Crippen LogP contribution >= 0.6 is 11.6 Å². The molecule has 0 radical (unpaired) electrons. The molecule has 0 spiro atoms. The second-order valence-corrected chi connectivity index (χ2v) is 6.07. The standard InChI is InChI=1S/C17H13ClFN5O2/c1-10(12-3-4-13(18)14(19)6-12)21-16(25)9-24-17(26)23-8-11(7-20)2-5-15(23)22-24/h2-6,8,10H,9H2,1H3,(H,21,25)/t10-/m0/s1. The molecule has 0 fully saturated rings. The van der Waals surface area contributed by atoms with Crippen molar-refractivity contribution in [1.29, 1.82) is 5.26 Å². The Morgan fingerprint density at radius 2 is 2.19 bits per heavy atom. The fourth-order valence-corrected chi connectivity index (χ4v) is 2.59. The minimum atomic E-state index is -0.574. The number of rotatable bonds is 4. The third-order valence-corrected chi connectivity index (χ3v) is 4.13. The van der Waals surface area contributed by atoms with Gasteiger partial charge in [0.05, 0.1) is 16.6 Å². The summed E-state index contributed by atoms with van der Waals surface area (Å²) in [4.78, 5) is 24.5. The van der Waals surface area contributed by atoms with Gasteiger partial charge < -0.3 is 5.32 Å². The Bertz CT molecular complexity index is 1100. The second kappa shape index (κ2) is 6.98. The molecular weight excluding hydrogens is 361 g/mol. The largest absolute Gasteiger partial charge is 0.350 e. The van der Waals surface area contributed by atoms with E-state index < -0.39 is 23.5 Å². The van der Waals surface area contributed by atoms with Gasteiger partial charge in [-0.25, -0.2) is 18.3 Å². The Kier molecular flexibility index (Phi) is 4.73. The molecule has 26 heavy (non-hydrogen) atoms. The van der Waals surface area contributed by atoms with E-state index in [1.807, 2.05) is 6.07 Å². The minimum Gasteiger partial charge on any atom is -0.348 e. The van der Waals surface area contributed by atoms with E-state index in [9.17, 15) is 14.0 Å². The SMILES string of the molecule is C[C@H](NC(=O)Cn1nc2ccc(C#N)cn2c1=O)c1ccc(Cl)c(F)c1. The monoisotopic (exact) mass is 373 g/mol. The molecule has 2 aromatic heterocycles. The zero-order valence-electron chi connectivity index (χ0n) is 13.6. The first-order valence-corrected chi connectivity index (χ1v) is 8.00. The number of amides is 1. The number of halogens is 2. The third-order valence-electron chi connectivity index (χ3n) is 3.82. The number of hydrogen-bond donors (Lipinski definition) is 1. The van der Waals surface area contributed by atoms with Gasteiger partial charge in [0.1, 0.15) is 18.4 Å². The summed E-state index contributed by atoms with van der Waals surface area (Å²) in [5.41, 5.74) is 0.648. The first-order valence-electron chi connectivity index (χ1n) is 7.62. The van der Waals surface area contributed by atoms with Gasteiger partial charge in [0.2, 0.25) is 5.91 Å². The van der Waals surface area contributed by atoms with Crippen molar-refractivity contribution in [3.8, 4) is 6.07 Å². The van der Waals surface area contributed by atoms with Gasteiger partial charge in [-0.05, 0) is 36.8 Å². The highest BCUT2D eigenvalue weighted by Crippen LogP contribution is 2.20. The van der Waals surface area contributed by atoms with E-state index in [0.29, 0.717) is 16.8 Å². The normalized spacial score (nSPS) is 11.9. The Hall–Kier alpha value is -3.18. The summed E-state index contributed by atoms with van der Waals surface area (Å²) in [6.45, 7) is 1.38. The highest BCUT2D eigenvalue weighted by molar-refractivity contribution is 6.30. The van der Waals surface area contributed by atoms with Crippen LogP contribution in [0.3, 0.4) is 0 Å². The lowest BCUT2D eigenvalue weighted by atomic mass is 10.1. The predicted molar refractivity (Wildman–Crippen MR) is 92.1 cm³/mol. The van der Waals surface area contributed by atoms with E-state index in [1.165, 1.54) is 34.9 Å². The first-order chi connectivity index (χ1) is 12.4. The maximum Gasteiger partial charge on any atom is 0.350 e. The Balaban J connectivity index is 1.76. The van der Waals surface area contributed by atoms with E-state index in [4.69, 9.17) is 16.9 Å². The molecule has 0 aliphatic carbocycles. The maximum absolute atomic E-state index is 13.5. The predicted octanol–water partition coefficient (Wildman–Crippen LogP) is 2.04. The molecule has 1 aromatic carbocycles. The van der Waals surface area contributed by atoms with Crippen LogP contribution < -0.4 is 11.0 Å². The summed E-state index contributed by atoms with van der Waals surface area (Å²) in [5.74, 6) is -1.03. The zero-order valence-corrected chi connectivity index (χ0v) is 14.4. The topological polar surface area (TPSA) is 92.2 Å². The molecule has 132 valence electrons. The molecule has 9 heteroatoms. The molecular formula is C17H13ClFN5O2. The van der Waals surface area contributed by atoms with Crippen LogP contribution in [0.5, 0.6) is 0 Å². The van der Waals surface area contributed by atoms with Crippen molar-refractivity contribution in [3.05, 3.63) is 69.0 Å². The quantitative estimate of drug-likeness (QED) is 0.757.